The highest BCUT2D eigenvalue weighted by atomic mass is 32.2. The summed E-state index contributed by atoms with van der Waals surface area (Å²) in [7, 11) is 1.89. The van der Waals surface area contributed by atoms with Crippen LogP contribution in [-0.2, 0) is 4.79 Å². The molecule has 0 aliphatic rings. The number of benzene rings is 1. The Morgan fingerprint density at radius 1 is 1.40 bits per heavy atom. The first-order valence-corrected chi connectivity index (χ1v) is 6.20. The molecule has 0 aromatic heterocycles. The Kier molecular flexibility index (Phi) is 4.85. The van der Waals surface area contributed by atoms with Gasteiger partial charge in [-0.15, -0.1) is 11.8 Å². The van der Waals surface area contributed by atoms with Gasteiger partial charge in [0, 0.05) is 17.4 Å². The molecule has 0 saturated heterocycles. The molecule has 15 heavy (non-hydrogen) atoms. The normalized spacial score (nSPS) is 12.5. The van der Waals surface area contributed by atoms with Crippen LogP contribution in [0.5, 0.6) is 0 Å². The third-order valence-electron chi connectivity index (χ3n) is 2.36. The number of carbonyl (C=O) groups is 1. The molecule has 1 atom stereocenters. The molecule has 0 radical (unpaired) electrons. The van der Waals surface area contributed by atoms with Crippen LogP contribution in [0.15, 0.2) is 29.2 Å². The predicted molar refractivity (Wildman–Crippen MR) is 65.3 cm³/mol. The largest absolute Gasteiger partial charge is 0.313 e. The number of rotatable bonds is 5. The van der Waals surface area contributed by atoms with Gasteiger partial charge in [-0.25, -0.2) is 0 Å². The van der Waals surface area contributed by atoms with E-state index in [4.69, 9.17) is 0 Å². The second kappa shape index (κ2) is 5.93. The molecule has 1 rings (SSSR count). The van der Waals surface area contributed by atoms with E-state index in [9.17, 15) is 4.79 Å². The third kappa shape index (κ3) is 3.68. The van der Waals surface area contributed by atoms with E-state index in [2.05, 4.69) is 35.8 Å². The summed E-state index contributed by atoms with van der Waals surface area (Å²) >= 11 is 1.72. The van der Waals surface area contributed by atoms with E-state index in [0.29, 0.717) is 6.42 Å². The summed E-state index contributed by atoms with van der Waals surface area (Å²) in [6.07, 6.45) is 2.61. The highest BCUT2D eigenvalue weighted by Crippen LogP contribution is 2.20. The minimum atomic E-state index is 0.137. The molecule has 1 N–H and O–H groups in total. The van der Waals surface area contributed by atoms with E-state index >= 15 is 0 Å². The molecule has 0 fully saturated rings. The van der Waals surface area contributed by atoms with Crippen LogP contribution in [0.2, 0.25) is 0 Å². The Morgan fingerprint density at radius 2 is 2.00 bits per heavy atom. The molecule has 0 aliphatic carbocycles. The Bertz CT molecular complexity index is 321. The first-order valence-electron chi connectivity index (χ1n) is 4.98. The molecule has 1 aromatic rings. The molecule has 2 nitrogen and oxygen atoms in total. The van der Waals surface area contributed by atoms with Crippen LogP contribution in [0, 0.1) is 0 Å². The van der Waals surface area contributed by atoms with E-state index in [1.54, 1.807) is 18.7 Å². The number of thioether (sulfide) groups is 1. The lowest BCUT2D eigenvalue weighted by Gasteiger charge is -2.15. The molecule has 1 unspecified atom stereocenters. The Balaban J connectivity index is 2.78. The summed E-state index contributed by atoms with van der Waals surface area (Å²) in [6, 6.07) is 8.47. The average molecular weight is 223 g/mol. The minimum Gasteiger partial charge on any atom is -0.313 e. The van der Waals surface area contributed by atoms with Gasteiger partial charge in [0.2, 0.25) is 0 Å². The predicted octanol–water partition coefficient (Wildman–Crippen LogP) is 2.65. The summed E-state index contributed by atoms with van der Waals surface area (Å²) in [5, 5.41) is 3.16. The molecule has 0 spiro atoms. The highest BCUT2D eigenvalue weighted by molar-refractivity contribution is 7.98. The summed E-state index contributed by atoms with van der Waals surface area (Å²) in [6.45, 7) is 1.63. The summed E-state index contributed by atoms with van der Waals surface area (Å²) in [5.41, 5.74) is 1.17. The smallest absolute Gasteiger partial charge is 0.131 e. The van der Waals surface area contributed by atoms with Gasteiger partial charge in [0.1, 0.15) is 5.78 Å². The Morgan fingerprint density at radius 3 is 2.40 bits per heavy atom. The van der Waals surface area contributed by atoms with Crippen molar-refractivity contribution in [2.24, 2.45) is 0 Å². The zero-order chi connectivity index (χ0) is 11.3. The van der Waals surface area contributed by atoms with Crippen LogP contribution >= 0.6 is 11.8 Å². The van der Waals surface area contributed by atoms with Gasteiger partial charge in [0.15, 0.2) is 0 Å². The third-order valence-corrected chi connectivity index (χ3v) is 3.10. The van der Waals surface area contributed by atoms with Crippen molar-refractivity contribution >= 4 is 17.5 Å². The molecule has 1 aromatic carbocycles. The van der Waals surface area contributed by atoms with E-state index in [-0.39, 0.29) is 11.8 Å². The maximum atomic E-state index is 11.1. The van der Waals surface area contributed by atoms with Crippen LogP contribution in [0.4, 0.5) is 0 Å². The fraction of sp³-hybridized carbons (Fsp3) is 0.417. The van der Waals surface area contributed by atoms with Crippen LogP contribution in [0.25, 0.3) is 0 Å². The van der Waals surface area contributed by atoms with Crippen molar-refractivity contribution in [2.45, 2.75) is 24.3 Å². The quantitative estimate of drug-likeness (QED) is 0.778. The maximum Gasteiger partial charge on any atom is 0.131 e. The summed E-state index contributed by atoms with van der Waals surface area (Å²) in [5.74, 6) is 0.211. The number of nitrogens with one attached hydrogen (secondary N) is 1. The molecule has 82 valence electrons. The fourth-order valence-electron chi connectivity index (χ4n) is 1.51. The van der Waals surface area contributed by atoms with Crippen LogP contribution in [0.3, 0.4) is 0 Å². The minimum absolute atomic E-state index is 0.137. The lowest BCUT2D eigenvalue weighted by molar-refractivity contribution is -0.117. The van der Waals surface area contributed by atoms with Crippen LogP contribution in [0.1, 0.15) is 24.9 Å². The van der Waals surface area contributed by atoms with E-state index in [0.717, 1.165) is 0 Å². The van der Waals surface area contributed by atoms with E-state index in [1.165, 1.54) is 10.5 Å². The first kappa shape index (κ1) is 12.3. The lowest BCUT2D eigenvalue weighted by Crippen LogP contribution is -2.18. The van der Waals surface area contributed by atoms with Gasteiger partial charge in [-0.1, -0.05) is 12.1 Å². The zero-order valence-electron chi connectivity index (χ0n) is 9.41. The number of hydrogen-bond donors (Lipinski definition) is 1. The van der Waals surface area contributed by atoms with Gasteiger partial charge in [-0.2, -0.15) is 0 Å². The summed E-state index contributed by atoms with van der Waals surface area (Å²) < 4.78 is 0. The van der Waals surface area contributed by atoms with Crippen LogP contribution < -0.4 is 5.32 Å². The standard InChI is InChI=1S/C12H17NOS/c1-9(14)8-12(13-2)10-4-6-11(15-3)7-5-10/h4-7,12-13H,8H2,1-3H3. The number of hydrogen-bond acceptors (Lipinski definition) is 3. The summed E-state index contributed by atoms with van der Waals surface area (Å²) in [4.78, 5) is 12.3. The number of Topliss-reactive ketones (excluding diaryl/α,β-unsaturated/α-hetero) is 1. The van der Waals surface area contributed by atoms with Crippen molar-refractivity contribution < 1.29 is 4.79 Å². The molecule has 0 saturated carbocycles. The van der Waals surface area contributed by atoms with Crippen molar-refractivity contribution in [1.82, 2.24) is 5.32 Å². The topological polar surface area (TPSA) is 29.1 Å². The van der Waals surface area contributed by atoms with Crippen molar-refractivity contribution in [3.8, 4) is 0 Å². The lowest BCUT2D eigenvalue weighted by atomic mass is 10.0. The monoisotopic (exact) mass is 223 g/mol. The average Bonchev–Trinajstić information content (AvgIpc) is 2.26. The Hall–Kier alpha value is -0.800. The first-order chi connectivity index (χ1) is 7.17. The molecule has 0 bridgehead atoms. The fourth-order valence-corrected chi connectivity index (χ4v) is 1.92. The molecular weight excluding hydrogens is 206 g/mol. The van der Waals surface area contributed by atoms with Gasteiger partial charge in [-0.3, -0.25) is 4.79 Å². The van der Waals surface area contributed by atoms with Crippen molar-refractivity contribution in [3.05, 3.63) is 29.8 Å². The van der Waals surface area contributed by atoms with Crippen molar-refractivity contribution in [3.63, 3.8) is 0 Å². The van der Waals surface area contributed by atoms with Gasteiger partial charge in [-0.05, 0) is 37.9 Å². The van der Waals surface area contributed by atoms with Crippen molar-refractivity contribution in [1.29, 1.82) is 0 Å². The van der Waals surface area contributed by atoms with Crippen LogP contribution in [-0.4, -0.2) is 19.1 Å². The van der Waals surface area contributed by atoms with Crippen molar-refractivity contribution in [2.75, 3.05) is 13.3 Å². The van der Waals surface area contributed by atoms with Gasteiger partial charge in [0.25, 0.3) is 0 Å². The number of ketones is 1. The molecule has 3 heteroatoms. The van der Waals surface area contributed by atoms with Gasteiger partial charge < -0.3 is 5.32 Å². The maximum absolute atomic E-state index is 11.1. The van der Waals surface area contributed by atoms with Gasteiger partial charge >= 0.3 is 0 Å². The number of carbonyl (C=O) groups excluding carboxylic acids is 1. The molecular formula is C12H17NOS. The van der Waals surface area contributed by atoms with Gasteiger partial charge in [0.05, 0.1) is 0 Å². The SMILES string of the molecule is CNC(CC(C)=O)c1ccc(SC)cc1. The second-order valence-electron chi connectivity index (χ2n) is 3.52. The van der Waals surface area contributed by atoms with E-state index in [1.807, 2.05) is 7.05 Å². The Labute approximate surface area is 95.5 Å². The van der Waals surface area contributed by atoms with E-state index < -0.39 is 0 Å². The molecule has 0 heterocycles. The molecule has 0 aliphatic heterocycles. The zero-order valence-corrected chi connectivity index (χ0v) is 10.2. The molecule has 0 amide bonds. The second-order valence-corrected chi connectivity index (χ2v) is 4.40. The highest BCUT2D eigenvalue weighted by Gasteiger charge is 2.10.